The van der Waals surface area contributed by atoms with E-state index in [-0.39, 0.29) is 6.10 Å². The molecule has 1 unspecified atom stereocenters. The van der Waals surface area contributed by atoms with Crippen molar-refractivity contribution in [1.82, 2.24) is 0 Å². The van der Waals surface area contributed by atoms with E-state index >= 15 is 0 Å². The molecule has 0 amide bonds. The molecule has 0 saturated heterocycles. The van der Waals surface area contributed by atoms with E-state index in [1.807, 2.05) is 0 Å². The fraction of sp³-hybridized carbons (Fsp3) is 1.00. The average molecular weight is 210 g/mol. The quantitative estimate of drug-likeness (QED) is 0.746. The third-order valence-electron chi connectivity index (χ3n) is 5.04. The lowest BCUT2D eigenvalue weighted by atomic mass is 9.74. The molecular weight excluding hydrogens is 184 g/mol. The highest BCUT2D eigenvalue weighted by Gasteiger charge is 2.39. The second-order valence-electron chi connectivity index (χ2n) is 5.83. The van der Waals surface area contributed by atoms with Crippen LogP contribution in [0.4, 0.5) is 0 Å². The van der Waals surface area contributed by atoms with Gasteiger partial charge in [-0.05, 0) is 37.0 Å². The van der Waals surface area contributed by atoms with Crippen LogP contribution in [0, 0.1) is 11.3 Å². The van der Waals surface area contributed by atoms with Gasteiger partial charge in [0.05, 0.1) is 6.10 Å². The van der Waals surface area contributed by atoms with Gasteiger partial charge in [0.25, 0.3) is 0 Å². The van der Waals surface area contributed by atoms with Gasteiger partial charge in [0.1, 0.15) is 0 Å². The summed E-state index contributed by atoms with van der Waals surface area (Å²) >= 11 is 0. The molecule has 15 heavy (non-hydrogen) atoms. The van der Waals surface area contributed by atoms with Crippen LogP contribution in [-0.4, -0.2) is 11.2 Å². The standard InChI is InChI=1S/C14H26O/c1-2-14(9-5-6-10-14)13(15)11-12-7-3-4-8-12/h12-13,15H,2-11H2,1H3. The lowest BCUT2D eigenvalue weighted by Gasteiger charge is -2.34. The van der Waals surface area contributed by atoms with Gasteiger partial charge in [-0.2, -0.15) is 0 Å². The molecule has 0 heterocycles. The average Bonchev–Trinajstić information content (AvgIpc) is 2.87. The Hall–Kier alpha value is -0.0400. The van der Waals surface area contributed by atoms with Crippen LogP contribution < -0.4 is 0 Å². The van der Waals surface area contributed by atoms with Gasteiger partial charge in [-0.15, -0.1) is 0 Å². The molecule has 0 aromatic carbocycles. The second kappa shape index (κ2) is 4.86. The van der Waals surface area contributed by atoms with Crippen molar-refractivity contribution in [2.24, 2.45) is 11.3 Å². The summed E-state index contributed by atoms with van der Waals surface area (Å²) in [4.78, 5) is 0. The van der Waals surface area contributed by atoms with Gasteiger partial charge >= 0.3 is 0 Å². The van der Waals surface area contributed by atoms with Crippen LogP contribution in [0.3, 0.4) is 0 Å². The molecule has 0 radical (unpaired) electrons. The van der Waals surface area contributed by atoms with Crippen LogP contribution in [0.1, 0.15) is 71.1 Å². The molecule has 0 aromatic rings. The van der Waals surface area contributed by atoms with Gasteiger partial charge in [0, 0.05) is 0 Å². The van der Waals surface area contributed by atoms with E-state index < -0.39 is 0 Å². The molecule has 2 fully saturated rings. The van der Waals surface area contributed by atoms with Crippen LogP contribution in [-0.2, 0) is 0 Å². The predicted octanol–water partition coefficient (Wildman–Crippen LogP) is 3.90. The summed E-state index contributed by atoms with van der Waals surface area (Å²) in [6.45, 7) is 2.27. The molecule has 2 aliphatic rings. The third kappa shape index (κ3) is 2.38. The molecule has 1 N–H and O–H groups in total. The number of aliphatic hydroxyl groups is 1. The summed E-state index contributed by atoms with van der Waals surface area (Å²) in [5.41, 5.74) is 0.308. The van der Waals surface area contributed by atoms with Crippen molar-refractivity contribution < 1.29 is 5.11 Å². The lowest BCUT2D eigenvalue weighted by Crippen LogP contribution is -2.33. The van der Waals surface area contributed by atoms with Crippen molar-refractivity contribution in [2.45, 2.75) is 77.2 Å². The van der Waals surface area contributed by atoms with Crippen molar-refractivity contribution >= 4 is 0 Å². The van der Waals surface area contributed by atoms with Crippen LogP contribution in [0.2, 0.25) is 0 Å². The van der Waals surface area contributed by atoms with E-state index in [1.165, 1.54) is 57.8 Å². The first-order valence-corrected chi connectivity index (χ1v) is 6.95. The molecule has 1 atom stereocenters. The maximum absolute atomic E-state index is 10.5. The van der Waals surface area contributed by atoms with Crippen molar-refractivity contribution in [3.63, 3.8) is 0 Å². The summed E-state index contributed by atoms with van der Waals surface area (Å²) in [6, 6.07) is 0. The molecule has 0 bridgehead atoms. The minimum absolute atomic E-state index is 0.00639. The zero-order valence-electron chi connectivity index (χ0n) is 10.2. The lowest BCUT2D eigenvalue weighted by molar-refractivity contribution is 0.00759. The van der Waals surface area contributed by atoms with Gasteiger partial charge < -0.3 is 5.11 Å². The van der Waals surface area contributed by atoms with E-state index in [0.717, 1.165) is 12.3 Å². The number of aliphatic hydroxyl groups excluding tert-OH is 1. The fourth-order valence-electron chi connectivity index (χ4n) is 3.81. The maximum atomic E-state index is 10.5. The maximum Gasteiger partial charge on any atom is 0.0599 e. The van der Waals surface area contributed by atoms with Gasteiger partial charge in [0.2, 0.25) is 0 Å². The summed E-state index contributed by atoms with van der Waals surface area (Å²) in [5, 5.41) is 10.5. The molecule has 0 aliphatic heterocycles. The van der Waals surface area contributed by atoms with Crippen LogP contribution in [0.25, 0.3) is 0 Å². The van der Waals surface area contributed by atoms with Crippen molar-refractivity contribution in [1.29, 1.82) is 0 Å². The predicted molar refractivity (Wildman–Crippen MR) is 63.8 cm³/mol. The zero-order chi connectivity index (χ0) is 10.7. The number of hydrogen-bond donors (Lipinski definition) is 1. The van der Waals surface area contributed by atoms with Crippen LogP contribution in [0.15, 0.2) is 0 Å². The zero-order valence-corrected chi connectivity index (χ0v) is 10.2. The van der Waals surface area contributed by atoms with E-state index in [0.29, 0.717) is 5.41 Å². The third-order valence-corrected chi connectivity index (χ3v) is 5.04. The Morgan fingerprint density at radius 3 is 2.27 bits per heavy atom. The molecule has 2 saturated carbocycles. The highest BCUT2D eigenvalue weighted by atomic mass is 16.3. The Morgan fingerprint density at radius 1 is 1.13 bits per heavy atom. The first-order valence-electron chi connectivity index (χ1n) is 6.95. The Morgan fingerprint density at radius 2 is 1.73 bits per heavy atom. The molecule has 0 spiro atoms. The number of hydrogen-bond acceptors (Lipinski definition) is 1. The van der Waals surface area contributed by atoms with Crippen molar-refractivity contribution in [3.05, 3.63) is 0 Å². The minimum Gasteiger partial charge on any atom is -0.393 e. The first kappa shape index (κ1) is 11.4. The molecule has 88 valence electrons. The number of rotatable bonds is 4. The van der Waals surface area contributed by atoms with Gasteiger partial charge in [-0.1, -0.05) is 45.4 Å². The monoisotopic (exact) mass is 210 g/mol. The topological polar surface area (TPSA) is 20.2 Å². The second-order valence-corrected chi connectivity index (χ2v) is 5.83. The molecule has 1 heteroatoms. The SMILES string of the molecule is CCC1(C(O)CC2CCCC2)CCCC1. The Balaban J connectivity index is 1.89. The minimum atomic E-state index is -0.00639. The normalized spacial score (nSPS) is 28.4. The molecular formula is C14H26O. The molecule has 1 nitrogen and oxygen atoms in total. The Bertz CT molecular complexity index is 188. The molecule has 0 aromatic heterocycles. The molecule has 2 aliphatic carbocycles. The smallest absolute Gasteiger partial charge is 0.0599 e. The van der Waals surface area contributed by atoms with Crippen LogP contribution in [0.5, 0.6) is 0 Å². The van der Waals surface area contributed by atoms with E-state index in [1.54, 1.807) is 0 Å². The van der Waals surface area contributed by atoms with Gasteiger partial charge in [-0.25, -0.2) is 0 Å². The summed E-state index contributed by atoms with van der Waals surface area (Å²) in [5.74, 6) is 0.837. The molecule has 2 rings (SSSR count). The fourth-order valence-corrected chi connectivity index (χ4v) is 3.81. The highest BCUT2D eigenvalue weighted by Crippen LogP contribution is 2.46. The first-order chi connectivity index (χ1) is 7.27. The van der Waals surface area contributed by atoms with Gasteiger partial charge in [0.15, 0.2) is 0 Å². The van der Waals surface area contributed by atoms with E-state index in [2.05, 4.69) is 6.92 Å². The van der Waals surface area contributed by atoms with Gasteiger partial charge in [-0.3, -0.25) is 0 Å². The largest absolute Gasteiger partial charge is 0.393 e. The van der Waals surface area contributed by atoms with Crippen molar-refractivity contribution in [3.8, 4) is 0 Å². The van der Waals surface area contributed by atoms with Crippen molar-refractivity contribution in [2.75, 3.05) is 0 Å². The van der Waals surface area contributed by atoms with E-state index in [4.69, 9.17) is 0 Å². The Kier molecular flexibility index (Phi) is 3.71. The summed E-state index contributed by atoms with van der Waals surface area (Å²) in [6.07, 6.45) is 13.0. The van der Waals surface area contributed by atoms with E-state index in [9.17, 15) is 5.11 Å². The Labute approximate surface area is 94.3 Å². The van der Waals surface area contributed by atoms with Crippen LogP contribution >= 0.6 is 0 Å². The summed E-state index contributed by atoms with van der Waals surface area (Å²) < 4.78 is 0. The summed E-state index contributed by atoms with van der Waals surface area (Å²) in [7, 11) is 0. The highest BCUT2D eigenvalue weighted by molar-refractivity contribution is 4.91.